The van der Waals surface area contributed by atoms with E-state index in [-0.39, 0.29) is 12.3 Å². The van der Waals surface area contributed by atoms with Gasteiger partial charge in [0.15, 0.2) is 0 Å². The van der Waals surface area contributed by atoms with E-state index < -0.39 is 35.8 Å². The zero-order valence-corrected chi connectivity index (χ0v) is 24.8. The van der Waals surface area contributed by atoms with Crippen molar-refractivity contribution in [3.63, 3.8) is 0 Å². The Morgan fingerprint density at radius 1 is 1.05 bits per heavy atom. The number of nitrogens with one attached hydrogen (secondary N) is 1. The van der Waals surface area contributed by atoms with E-state index >= 15 is 0 Å². The number of hydrogen-bond donors (Lipinski definition) is 1. The second kappa shape index (κ2) is 11.5. The van der Waals surface area contributed by atoms with Crippen molar-refractivity contribution in [3.05, 3.63) is 65.0 Å². The molecule has 9 heteroatoms. The smallest absolute Gasteiger partial charge is 0.444 e. The highest BCUT2D eigenvalue weighted by atomic mass is 19.1. The van der Waals surface area contributed by atoms with E-state index in [9.17, 15) is 14.0 Å². The lowest BCUT2D eigenvalue weighted by Gasteiger charge is -2.32. The van der Waals surface area contributed by atoms with Gasteiger partial charge >= 0.3 is 13.2 Å². The van der Waals surface area contributed by atoms with Crippen molar-refractivity contribution in [3.8, 4) is 0 Å². The number of piperidine rings is 1. The summed E-state index contributed by atoms with van der Waals surface area (Å²) in [6.07, 6.45) is 1.20. The van der Waals surface area contributed by atoms with E-state index in [0.29, 0.717) is 36.6 Å². The predicted octanol–water partition coefficient (Wildman–Crippen LogP) is 5.10. The minimum Gasteiger partial charge on any atom is -0.444 e. The maximum Gasteiger partial charge on any atom is 0.494 e. The molecule has 0 atom stereocenters. The SMILES string of the molecule is CC(C)(C)OC(=O)NCc1cccc(C2CCN(C(=O)Cc3cc(B4OC(C)(C)C(C)(C)O4)ccc3F)CC2)c1. The van der Waals surface area contributed by atoms with Crippen LogP contribution in [-0.2, 0) is 31.8 Å². The molecule has 2 amide bonds. The van der Waals surface area contributed by atoms with Crippen LogP contribution in [0.15, 0.2) is 42.5 Å². The molecule has 216 valence electrons. The first-order chi connectivity index (χ1) is 18.6. The summed E-state index contributed by atoms with van der Waals surface area (Å²) >= 11 is 0. The summed E-state index contributed by atoms with van der Waals surface area (Å²) in [5.74, 6) is -0.173. The van der Waals surface area contributed by atoms with Gasteiger partial charge in [-0.25, -0.2) is 9.18 Å². The van der Waals surface area contributed by atoms with Gasteiger partial charge in [0.2, 0.25) is 5.91 Å². The largest absolute Gasteiger partial charge is 0.494 e. The second-order valence-corrected chi connectivity index (χ2v) is 12.9. The molecule has 0 unspecified atom stereocenters. The molecule has 0 saturated carbocycles. The number of ether oxygens (including phenoxy) is 1. The lowest BCUT2D eigenvalue weighted by molar-refractivity contribution is -0.131. The average Bonchev–Trinajstić information content (AvgIpc) is 3.10. The average molecular weight is 552 g/mol. The fourth-order valence-corrected chi connectivity index (χ4v) is 5.04. The molecule has 2 fully saturated rings. The first-order valence-corrected chi connectivity index (χ1v) is 14.1. The summed E-state index contributed by atoms with van der Waals surface area (Å²) < 4.78 is 32.2. The van der Waals surface area contributed by atoms with Crippen LogP contribution in [0.25, 0.3) is 0 Å². The van der Waals surface area contributed by atoms with Crippen LogP contribution in [0, 0.1) is 5.82 Å². The highest BCUT2D eigenvalue weighted by molar-refractivity contribution is 6.62. The second-order valence-electron chi connectivity index (χ2n) is 12.9. The van der Waals surface area contributed by atoms with E-state index in [1.807, 2.05) is 65.5 Å². The quantitative estimate of drug-likeness (QED) is 0.505. The Morgan fingerprint density at radius 2 is 1.70 bits per heavy atom. The van der Waals surface area contributed by atoms with Crippen LogP contribution in [0.2, 0.25) is 0 Å². The number of nitrogens with zero attached hydrogens (tertiary/aromatic N) is 1. The Kier molecular flexibility index (Phi) is 8.67. The molecule has 2 aromatic rings. The van der Waals surface area contributed by atoms with Crippen LogP contribution in [0.1, 0.15) is 83.9 Å². The van der Waals surface area contributed by atoms with Crippen LogP contribution in [0.3, 0.4) is 0 Å². The van der Waals surface area contributed by atoms with Gasteiger partial charge in [-0.1, -0.05) is 36.4 Å². The molecule has 0 bridgehead atoms. The fraction of sp³-hybridized carbons (Fsp3) is 0.548. The minimum absolute atomic E-state index is 0.00430. The third-order valence-corrected chi connectivity index (χ3v) is 8.04. The van der Waals surface area contributed by atoms with Crippen LogP contribution in [0.4, 0.5) is 9.18 Å². The summed E-state index contributed by atoms with van der Waals surface area (Å²) in [4.78, 5) is 27.0. The summed E-state index contributed by atoms with van der Waals surface area (Å²) in [5.41, 5.74) is 1.71. The molecule has 0 spiro atoms. The summed E-state index contributed by atoms with van der Waals surface area (Å²) in [6.45, 7) is 15.0. The van der Waals surface area contributed by atoms with Crippen molar-refractivity contribution in [1.29, 1.82) is 0 Å². The molecule has 0 aromatic heterocycles. The Balaban J connectivity index is 1.32. The van der Waals surface area contributed by atoms with Crippen LogP contribution >= 0.6 is 0 Å². The van der Waals surface area contributed by atoms with Crippen molar-refractivity contribution in [1.82, 2.24) is 10.2 Å². The molecule has 2 aromatic carbocycles. The molecule has 40 heavy (non-hydrogen) atoms. The van der Waals surface area contributed by atoms with Gasteiger partial charge in [-0.05, 0) is 95.4 Å². The Hall–Kier alpha value is -2.91. The van der Waals surface area contributed by atoms with Crippen molar-refractivity contribution < 1.29 is 28.0 Å². The van der Waals surface area contributed by atoms with Crippen molar-refractivity contribution in [2.24, 2.45) is 0 Å². The molecular weight excluding hydrogens is 510 g/mol. The van der Waals surface area contributed by atoms with Gasteiger partial charge in [-0.15, -0.1) is 0 Å². The van der Waals surface area contributed by atoms with Crippen molar-refractivity contribution >= 4 is 24.6 Å². The van der Waals surface area contributed by atoms with Gasteiger partial charge in [-0.2, -0.15) is 0 Å². The monoisotopic (exact) mass is 552 g/mol. The third kappa shape index (κ3) is 7.23. The molecule has 0 radical (unpaired) electrons. The lowest BCUT2D eigenvalue weighted by atomic mass is 9.78. The van der Waals surface area contributed by atoms with Crippen molar-refractivity contribution in [2.45, 2.75) is 97.0 Å². The predicted molar refractivity (Wildman–Crippen MR) is 154 cm³/mol. The van der Waals surface area contributed by atoms with E-state index in [1.165, 1.54) is 11.6 Å². The topological polar surface area (TPSA) is 77.1 Å². The Bertz CT molecular complexity index is 1220. The van der Waals surface area contributed by atoms with Crippen LogP contribution in [-0.4, -0.2) is 53.9 Å². The molecular formula is C31H42BFN2O5. The molecule has 0 aliphatic carbocycles. The van der Waals surface area contributed by atoms with E-state index in [2.05, 4.69) is 17.4 Å². The van der Waals surface area contributed by atoms with Crippen molar-refractivity contribution in [2.75, 3.05) is 13.1 Å². The first-order valence-electron chi connectivity index (χ1n) is 14.1. The molecule has 2 aliphatic heterocycles. The number of rotatable bonds is 6. The number of carbonyl (C=O) groups is 2. The first kappa shape index (κ1) is 30.1. The Labute approximate surface area is 237 Å². The summed E-state index contributed by atoms with van der Waals surface area (Å²) in [6, 6.07) is 12.9. The van der Waals surface area contributed by atoms with Crippen LogP contribution < -0.4 is 10.8 Å². The molecule has 4 rings (SSSR count). The lowest BCUT2D eigenvalue weighted by Crippen LogP contribution is -2.41. The summed E-state index contributed by atoms with van der Waals surface area (Å²) in [5, 5.41) is 2.80. The van der Waals surface area contributed by atoms with Gasteiger partial charge in [0.1, 0.15) is 11.4 Å². The zero-order chi connectivity index (χ0) is 29.3. The number of carbonyl (C=O) groups excluding carboxylic acids is 2. The standard InChI is InChI=1S/C31H42BFN2O5/c1-29(2,3)38-28(37)34-20-21-9-8-10-23(17-21)22-13-15-35(16-14-22)27(36)19-24-18-25(11-12-26(24)33)32-39-30(4,5)31(6,7)40-32/h8-12,17-18,22H,13-16,19-20H2,1-7H3,(H,34,37). The highest BCUT2D eigenvalue weighted by Gasteiger charge is 2.51. The maximum atomic E-state index is 14.7. The van der Waals surface area contributed by atoms with Gasteiger partial charge in [0, 0.05) is 19.6 Å². The molecule has 7 nitrogen and oxygen atoms in total. The summed E-state index contributed by atoms with van der Waals surface area (Å²) in [7, 11) is -0.606. The number of benzene rings is 2. The van der Waals surface area contributed by atoms with Gasteiger partial charge in [-0.3, -0.25) is 4.79 Å². The number of hydrogen-bond acceptors (Lipinski definition) is 5. The van der Waals surface area contributed by atoms with Gasteiger partial charge in [0.25, 0.3) is 0 Å². The molecule has 2 heterocycles. The third-order valence-electron chi connectivity index (χ3n) is 8.04. The van der Waals surface area contributed by atoms with E-state index in [4.69, 9.17) is 14.0 Å². The number of halogens is 1. The molecule has 2 aliphatic rings. The minimum atomic E-state index is -0.606. The number of alkyl carbamates (subject to hydrolysis) is 1. The molecule has 1 N–H and O–H groups in total. The Morgan fingerprint density at radius 3 is 2.33 bits per heavy atom. The number of amides is 2. The fourth-order valence-electron chi connectivity index (χ4n) is 5.04. The number of likely N-dealkylation sites (tertiary alicyclic amines) is 1. The van der Waals surface area contributed by atoms with Gasteiger partial charge in [0.05, 0.1) is 17.6 Å². The normalized spacial score (nSPS) is 19.0. The zero-order valence-electron chi connectivity index (χ0n) is 24.8. The van der Waals surface area contributed by atoms with Crippen LogP contribution in [0.5, 0.6) is 0 Å². The molecule has 2 saturated heterocycles. The maximum absolute atomic E-state index is 14.7. The van der Waals surface area contributed by atoms with E-state index in [1.54, 1.807) is 12.1 Å². The van der Waals surface area contributed by atoms with Gasteiger partial charge < -0.3 is 24.3 Å². The van der Waals surface area contributed by atoms with E-state index in [0.717, 1.165) is 18.4 Å². The highest BCUT2D eigenvalue weighted by Crippen LogP contribution is 2.36.